The number of aryl methyl sites for hydroxylation is 1. The van der Waals surface area contributed by atoms with Gasteiger partial charge in [0.1, 0.15) is 0 Å². The number of hydrogen-bond acceptors (Lipinski definition) is 4. The van der Waals surface area contributed by atoms with Gasteiger partial charge in [-0.15, -0.1) is 11.3 Å². The molecule has 0 saturated heterocycles. The summed E-state index contributed by atoms with van der Waals surface area (Å²) in [5, 5.41) is 7.34. The van der Waals surface area contributed by atoms with Crippen LogP contribution in [0.1, 0.15) is 10.4 Å². The molecule has 0 aliphatic carbocycles. The van der Waals surface area contributed by atoms with E-state index in [-0.39, 0.29) is 5.91 Å². The van der Waals surface area contributed by atoms with Crippen molar-refractivity contribution in [2.24, 2.45) is 0 Å². The van der Waals surface area contributed by atoms with E-state index in [0.717, 1.165) is 21.3 Å². The molecule has 2 heterocycles. The molecule has 0 aliphatic heterocycles. The Morgan fingerprint density at radius 3 is 2.95 bits per heavy atom. The highest BCUT2D eigenvalue weighted by Crippen LogP contribution is 2.22. The van der Waals surface area contributed by atoms with Crippen molar-refractivity contribution in [2.75, 3.05) is 20.1 Å². The maximum absolute atomic E-state index is 12.0. The maximum atomic E-state index is 12.0. The number of nitrogens with one attached hydrogen (secondary N) is 1. The molecular weight excluding hydrogens is 308 g/mol. The van der Waals surface area contributed by atoms with Crippen molar-refractivity contribution in [2.45, 2.75) is 20.0 Å². The topological polar surface area (TPSA) is 50.2 Å². The van der Waals surface area contributed by atoms with Gasteiger partial charge in [-0.2, -0.15) is 5.10 Å². The summed E-state index contributed by atoms with van der Waals surface area (Å²) in [7, 11) is 1.80. The summed E-state index contributed by atoms with van der Waals surface area (Å²) in [6.45, 7) is 4.40. The summed E-state index contributed by atoms with van der Waals surface area (Å²) in [5.74, 6) is 0.0659. The lowest BCUT2D eigenvalue weighted by molar-refractivity contribution is -0.129. The fraction of sp³-hybridized carbons (Fsp3) is 0.429. The number of rotatable bonds is 7. The first-order valence-corrected chi connectivity index (χ1v) is 7.92. The summed E-state index contributed by atoms with van der Waals surface area (Å²) in [6, 6.07) is 3.80. The summed E-state index contributed by atoms with van der Waals surface area (Å²) >= 11 is 7.38. The van der Waals surface area contributed by atoms with Crippen LogP contribution in [-0.2, 0) is 17.9 Å². The highest BCUT2D eigenvalue weighted by molar-refractivity contribution is 7.16. The normalized spacial score (nSPS) is 10.8. The highest BCUT2D eigenvalue weighted by Gasteiger charge is 2.10. The molecule has 1 amide bonds. The zero-order chi connectivity index (χ0) is 15.2. The minimum atomic E-state index is 0.0659. The highest BCUT2D eigenvalue weighted by atomic mass is 35.5. The van der Waals surface area contributed by atoms with E-state index in [9.17, 15) is 4.79 Å². The van der Waals surface area contributed by atoms with Crippen LogP contribution in [-0.4, -0.2) is 40.7 Å². The summed E-state index contributed by atoms with van der Waals surface area (Å²) < 4.78 is 2.61. The molecule has 0 saturated carbocycles. The Morgan fingerprint density at radius 1 is 1.52 bits per heavy atom. The van der Waals surface area contributed by atoms with Gasteiger partial charge in [0.2, 0.25) is 5.91 Å². The molecule has 0 unspecified atom stereocenters. The third-order valence-corrected chi connectivity index (χ3v) is 4.22. The SMILES string of the molecule is Cc1cnn(CCNCC(=O)N(C)Cc2ccc(Cl)s2)c1. The third kappa shape index (κ3) is 5.15. The zero-order valence-electron chi connectivity index (χ0n) is 12.2. The van der Waals surface area contributed by atoms with Gasteiger partial charge >= 0.3 is 0 Å². The van der Waals surface area contributed by atoms with E-state index in [1.807, 2.05) is 36.1 Å². The Kier molecular flexibility index (Phi) is 5.78. The van der Waals surface area contributed by atoms with Crippen LogP contribution in [0.5, 0.6) is 0 Å². The molecule has 2 rings (SSSR count). The van der Waals surface area contributed by atoms with E-state index >= 15 is 0 Å². The zero-order valence-corrected chi connectivity index (χ0v) is 13.7. The van der Waals surface area contributed by atoms with Crippen molar-refractivity contribution in [1.82, 2.24) is 20.0 Å². The van der Waals surface area contributed by atoms with E-state index in [1.165, 1.54) is 11.3 Å². The second-order valence-corrected chi connectivity index (χ2v) is 6.71. The average Bonchev–Trinajstić information content (AvgIpc) is 3.03. The summed E-state index contributed by atoms with van der Waals surface area (Å²) in [4.78, 5) is 14.8. The molecule has 21 heavy (non-hydrogen) atoms. The van der Waals surface area contributed by atoms with Crippen LogP contribution in [0.15, 0.2) is 24.5 Å². The van der Waals surface area contributed by atoms with Gasteiger partial charge in [-0.05, 0) is 24.6 Å². The predicted molar refractivity (Wildman–Crippen MR) is 85.6 cm³/mol. The molecule has 0 aromatic carbocycles. The lowest BCUT2D eigenvalue weighted by Gasteiger charge is -2.16. The number of halogens is 1. The van der Waals surface area contributed by atoms with Crippen LogP contribution in [0.25, 0.3) is 0 Å². The first-order chi connectivity index (χ1) is 10.0. The molecule has 5 nitrogen and oxygen atoms in total. The van der Waals surface area contributed by atoms with Gasteiger partial charge in [-0.25, -0.2) is 0 Å². The Morgan fingerprint density at radius 2 is 2.33 bits per heavy atom. The number of thiophene rings is 1. The lowest BCUT2D eigenvalue weighted by Crippen LogP contribution is -2.36. The molecule has 0 aliphatic rings. The van der Waals surface area contributed by atoms with Crippen LogP contribution < -0.4 is 5.32 Å². The number of aromatic nitrogens is 2. The molecule has 0 radical (unpaired) electrons. The van der Waals surface area contributed by atoms with Crippen molar-refractivity contribution in [1.29, 1.82) is 0 Å². The number of nitrogens with zero attached hydrogens (tertiary/aromatic N) is 3. The lowest BCUT2D eigenvalue weighted by atomic mass is 10.4. The molecule has 1 N–H and O–H groups in total. The van der Waals surface area contributed by atoms with Gasteiger partial charge < -0.3 is 10.2 Å². The number of carbonyl (C=O) groups is 1. The second kappa shape index (κ2) is 7.59. The molecule has 2 aromatic heterocycles. The minimum Gasteiger partial charge on any atom is -0.340 e. The summed E-state index contributed by atoms with van der Waals surface area (Å²) in [6.07, 6.45) is 3.81. The fourth-order valence-electron chi connectivity index (χ4n) is 1.87. The molecule has 7 heteroatoms. The van der Waals surface area contributed by atoms with Crippen molar-refractivity contribution in [3.05, 3.63) is 39.3 Å². The predicted octanol–water partition coefficient (Wildman–Crippen LogP) is 2.15. The fourth-order valence-corrected chi connectivity index (χ4v) is 3.01. The molecular formula is C14H19ClN4OS. The first-order valence-electron chi connectivity index (χ1n) is 6.72. The largest absolute Gasteiger partial charge is 0.340 e. The van der Waals surface area contributed by atoms with Crippen molar-refractivity contribution < 1.29 is 4.79 Å². The standard InChI is InChI=1S/C14H19ClN4OS/c1-11-7-17-19(9-11)6-5-16-8-14(20)18(2)10-12-3-4-13(15)21-12/h3-4,7,9,16H,5-6,8,10H2,1-2H3. The van der Waals surface area contributed by atoms with Crippen molar-refractivity contribution in [3.63, 3.8) is 0 Å². The Labute approximate surface area is 133 Å². The van der Waals surface area contributed by atoms with Gasteiger partial charge in [0.05, 0.1) is 30.2 Å². The van der Waals surface area contributed by atoms with Gasteiger partial charge in [0.15, 0.2) is 0 Å². The van der Waals surface area contributed by atoms with E-state index in [1.54, 1.807) is 11.9 Å². The summed E-state index contributed by atoms with van der Waals surface area (Å²) in [5.41, 5.74) is 1.14. The number of hydrogen-bond donors (Lipinski definition) is 1. The monoisotopic (exact) mass is 326 g/mol. The molecule has 114 valence electrons. The Bertz CT molecular complexity index is 595. The number of likely N-dealkylation sites (N-methyl/N-ethyl adjacent to an activating group) is 1. The molecule has 0 bridgehead atoms. The van der Waals surface area contributed by atoms with E-state index in [0.29, 0.717) is 19.6 Å². The average molecular weight is 327 g/mol. The first kappa shape index (κ1) is 16.0. The van der Waals surface area contributed by atoms with Crippen molar-refractivity contribution >= 4 is 28.8 Å². The van der Waals surface area contributed by atoms with Crippen LogP contribution in [0.4, 0.5) is 0 Å². The molecule has 0 atom stereocenters. The van der Waals surface area contributed by atoms with Gasteiger partial charge in [0.25, 0.3) is 0 Å². The van der Waals surface area contributed by atoms with Crippen LogP contribution in [0.3, 0.4) is 0 Å². The quantitative estimate of drug-likeness (QED) is 0.793. The van der Waals surface area contributed by atoms with Crippen LogP contribution in [0.2, 0.25) is 4.34 Å². The van der Waals surface area contributed by atoms with Crippen molar-refractivity contribution in [3.8, 4) is 0 Å². The van der Waals surface area contributed by atoms with E-state index in [2.05, 4.69) is 10.4 Å². The van der Waals surface area contributed by atoms with E-state index < -0.39 is 0 Å². The number of carbonyl (C=O) groups excluding carboxylic acids is 1. The second-order valence-electron chi connectivity index (χ2n) is 4.91. The minimum absolute atomic E-state index is 0.0659. The van der Waals surface area contributed by atoms with Gasteiger partial charge in [-0.1, -0.05) is 11.6 Å². The smallest absolute Gasteiger partial charge is 0.236 e. The van der Waals surface area contributed by atoms with Gasteiger partial charge in [-0.3, -0.25) is 9.48 Å². The molecule has 2 aromatic rings. The van der Waals surface area contributed by atoms with Crippen LogP contribution in [0, 0.1) is 6.92 Å². The Balaban J connectivity index is 1.66. The molecule has 0 fully saturated rings. The number of amides is 1. The molecule has 0 spiro atoms. The van der Waals surface area contributed by atoms with Crippen LogP contribution >= 0.6 is 22.9 Å². The Hall–Kier alpha value is -1.37. The van der Waals surface area contributed by atoms with Gasteiger partial charge in [0, 0.05) is 24.7 Å². The van der Waals surface area contributed by atoms with E-state index in [4.69, 9.17) is 11.6 Å². The maximum Gasteiger partial charge on any atom is 0.236 e. The third-order valence-electron chi connectivity index (χ3n) is 3.00.